The third-order valence-electron chi connectivity index (χ3n) is 1.53. The highest BCUT2D eigenvalue weighted by Crippen LogP contribution is 2.20. The zero-order valence-corrected chi connectivity index (χ0v) is 8.36. The predicted molar refractivity (Wildman–Crippen MR) is 51.4 cm³/mol. The van der Waals surface area contributed by atoms with Crippen LogP contribution in [0.15, 0.2) is 12.7 Å². The topological polar surface area (TPSA) is 41.1 Å². The van der Waals surface area contributed by atoms with E-state index in [1.807, 2.05) is 0 Å². The van der Waals surface area contributed by atoms with Crippen LogP contribution in [0, 0.1) is 0 Å². The van der Waals surface area contributed by atoms with Crippen molar-refractivity contribution in [1.82, 2.24) is 10.6 Å². The van der Waals surface area contributed by atoms with Gasteiger partial charge in [0.1, 0.15) is 0 Å². The second kappa shape index (κ2) is 7.28. The molecule has 0 heterocycles. The van der Waals surface area contributed by atoms with E-state index in [9.17, 15) is 18.0 Å². The highest BCUT2D eigenvalue weighted by molar-refractivity contribution is 5.77. The molecule has 2 N–H and O–H groups in total. The number of amides is 1. The van der Waals surface area contributed by atoms with Crippen LogP contribution in [-0.4, -0.2) is 31.7 Å². The molecule has 0 aliphatic rings. The minimum atomic E-state index is -4.15. The Morgan fingerprint density at radius 2 is 2.07 bits per heavy atom. The zero-order valence-electron chi connectivity index (χ0n) is 8.36. The van der Waals surface area contributed by atoms with Crippen molar-refractivity contribution in [3.05, 3.63) is 12.7 Å². The number of alkyl halides is 3. The molecule has 0 saturated carbocycles. The minimum absolute atomic E-state index is 0.0497. The van der Waals surface area contributed by atoms with Crippen molar-refractivity contribution >= 4 is 5.91 Å². The smallest absolute Gasteiger partial charge is 0.355 e. The molecule has 15 heavy (non-hydrogen) atoms. The van der Waals surface area contributed by atoms with E-state index in [2.05, 4.69) is 17.2 Å². The Hall–Kier alpha value is -1.04. The van der Waals surface area contributed by atoms with E-state index in [0.717, 1.165) is 0 Å². The monoisotopic (exact) mass is 224 g/mol. The van der Waals surface area contributed by atoms with Crippen molar-refractivity contribution in [3.8, 4) is 0 Å². The molecule has 0 saturated heterocycles. The maximum atomic E-state index is 11.7. The standard InChI is InChI=1S/C9H15F3N2O/c1-2-5-13-7-8(15)14-6-3-4-9(10,11)12/h2,13H,1,3-7H2,(H,14,15). The van der Waals surface area contributed by atoms with Gasteiger partial charge in [0, 0.05) is 19.5 Å². The maximum Gasteiger partial charge on any atom is 0.389 e. The fraction of sp³-hybridized carbons (Fsp3) is 0.667. The summed E-state index contributed by atoms with van der Waals surface area (Å²) < 4.78 is 35.1. The van der Waals surface area contributed by atoms with Crippen molar-refractivity contribution in [3.63, 3.8) is 0 Å². The molecule has 0 radical (unpaired) electrons. The Kier molecular flexibility index (Phi) is 6.77. The molecule has 88 valence electrons. The van der Waals surface area contributed by atoms with Gasteiger partial charge in [0.25, 0.3) is 0 Å². The van der Waals surface area contributed by atoms with Gasteiger partial charge in [0.15, 0.2) is 0 Å². The van der Waals surface area contributed by atoms with E-state index in [4.69, 9.17) is 0 Å². The summed E-state index contributed by atoms with van der Waals surface area (Å²) in [6, 6.07) is 0. The summed E-state index contributed by atoms with van der Waals surface area (Å²) in [4.78, 5) is 11.0. The van der Waals surface area contributed by atoms with E-state index in [-0.39, 0.29) is 25.4 Å². The molecule has 0 rings (SSSR count). The van der Waals surface area contributed by atoms with Gasteiger partial charge in [-0.3, -0.25) is 4.79 Å². The van der Waals surface area contributed by atoms with Gasteiger partial charge in [-0.1, -0.05) is 6.08 Å². The molecule has 0 atom stereocenters. The SMILES string of the molecule is C=CCNCC(=O)NCCCC(F)(F)F. The molecule has 1 amide bonds. The van der Waals surface area contributed by atoms with Crippen molar-refractivity contribution < 1.29 is 18.0 Å². The van der Waals surface area contributed by atoms with E-state index in [1.165, 1.54) is 0 Å². The summed E-state index contributed by atoms with van der Waals surface area (Å²) in [6.45, 7) is 4.08. The lowest BCUT2D eigenvalue weighted by atomic mass is 10.3. The molecule has 0 spiro atoms. The lowest BCUT2D eigenvalue weighted by Crippen LogP contribution is -2.34. The predicted octanol–water partition coefficient (Wildman–Crippen LogP) is 1.22. The van der Waals surface area contributed by atoms with Gasteiger partial charge >= 0.3 is 6.18 Å². The van der Waals surface area contributed by atoms with Crippen LogP contribution in [0.25, 0.3) is 0 Å². The van der Waals surface area contributed by atoms with Crippen LogP contribution in [0.4, 0.5) is 13.2 Å². The Balaban J connectivity index is 3.35. The van der Waals surface area contributed by atoms with Crippen LogP contribution in [0.1, 0.15) is 12.8 Å². The first kappa shape index (κ1) is 14.0. The molecule has 0 unspecified atom stereocenters. The molecule has 6 heteroatoms. The largest absolute Gasteiger partial charge is 0.389 e. The van der Waals surface area contributed by atoms with E-state index >= 15 is 0 Å². The van der Waals surface area contributed by atoms with E-state index in [0.29, 0.717) is 6.54 Å². The van der Waals surface area contributed by atoms with Crippen LogP contribution in [0.2, 0.25) is 0 Å². The molecule has 0 aliphatic carbocycles. The van der Waals surface area contributed by atoms with Crippen molar-refractivity contribution in [2.45, 2.75) is 19.0 Å². The molecule has 0 bridgehead atoms. The van der Waals surface area contributed by atoms with Gasteiger partial charge in [-0.2, -0.15) is 13.2 Å². The Morgan fingerprint density at radius 1 is 1.40 bits per heavy atom. The fourth-order valence-corrected chi connectivity index (χ4v) is 0.867. The van der Waals surface area contributed by atoms with Gasteiger partial charge in [-0.15, -0.1) is 6.58 Å². The minimum Gasteiger partial charge on any atom is -0.355 e. The van der Waals surface area contributed by atoms with Crippen LogP contribution < -0.4 is 10.6 Å². The molecule has 0 aromatic carbocycles. The Bertz CT molecular complexity index is 204. The third-order valence-corrected chi connectivity index (χ3v) is 1.53. The summed E-state index contributed by atoms with van der Waals surface area (Å²) >= 11 is 0. The van der Waals surface area contributed by atoms with Crippen molar-refractivity contribution in [2.75, 3.05) is 19.6 Å². The molecule has 0 fully saturated rings. The normalized spacial score (nSPS) is 11.1. The summed E-state index contributed by atoms with van der Waals surface area (Å²) in [5.41, 5.74) is 0. The number of nitrogens with one attached hydrogen (secondary N) is 2. The Labute approximate surface area is 86.7 Å². The second-order valence-electron chi connectivity index (χ2n) is 2.99. The summed E-state index contributed by atoms with van der Waals surface area (Å²) in [5.74, 6) is -0.306. The zero-order chi connectivity index (χ0) is 11.7. The summed E-state index contributed by atoms with van der Waals surface area (Å²) in [5, 5.41) is 5.12. The number of halogens is 3. The molecule has 0 aromatic heterocycles. The van der Waals surface area contributed by atoms with Crippen LogP contribution >= 0.6 is 0 Å². The number of rotatable bonds is 7. The summed E-state index contributed by atoms with van der Waals surface area (Å²) in [6.07, 6.45) is -3.51. The lowest BCUT2D eigenvalue weighted by molar-refractivity contribution is -0.136. The highest BCUT2D eigenvalue weighted by atomic mass is 19.4. The van der Waals surface area contributed by atoms with E-state index in [1.54, 1.807) is 6.08 Å². The molecular weight excluding hydrogens is 209 g/mol. The maximum absolute atomic E-state index is 11.7. The van der Waals surface area contributed by atoms with Crippen LogP contribution in [0.3, 0.4) is 0 Å². The number of hydrogen-bond acceptors (Lipinski definition) is 2. The average molecular weight is 224 g/mol. The first-order valence-corrected chi connectivity index (χ1v) is 4.61. The van der Waals surface area contributed by atoms with Gasteiger partial charge in [-0.05, 0) is 6.42 Å². The van der Waals surface area contributed by atoms with Gasteiger partial charge in [-0.25, -0.2) is 0 Å². The van der Waals surface area contributed by atoms with Gasteiger partial charge in [0.05, 0.1) is 6.54 Å². The summed E-state index contributed by atoms with van der Waals surface area (Å²) in [7, 11) is 0. The van der Waals surface area contributed by atoms with Gasteiger partial charge < -0.3 is 10.6 Å². The third kappa shape index (κ3) is 10.9. The molecule has 0 aromatic rings. The number of carbonyl (C=O) groups excluding carboxylic acids is 1. The molecule has 3 nitrogen and oxygen atoms in total. The van der Waals surface area contributed by atoms with Gasteiger partial charge in [0.2, 0.25) is 5.91 Å². The first-order valence-electron chi connectivity index (χ1n) is 4.61. The quantitative estimate of drug-likeness (QED) is 0.504. The van der Waals surface area contributed by atoms with Crippen molar-refractivity contribution in [2.24, 2.45) is 0 Å². The molecular formula is C9H15F3N2O. The second-order valence-corrected chi connectivity index (χ2v) is 2.99. The van der Waals surface area contributed by atoms with Crippen LogP contribution in [0.5, 0.6) is 0 Å². The van der Waals surface area contributed by atoms with Crippen LogP contribution in [-0.2, 0) is 4.79 Å². The van der Waals surface area contributed by atoms with E-state index < -0.39 is 12.6 Å². The Morgan fingerprint density at radius 3 is 2.60 bits per heavy atom. The number of carbonyl (C=O) groups is 1. The highest BCUT2D eigenvalue weighted by Gasteiger charge is 2.25. The number of hydrogen-bond donors (Lipinski definition) is 2. The first-order chi connectivity index (χ1) is 6.95. The van der Waals surface area contributed by atoms with Crippen molar-refractivity contribution in [1.29, 1.82) is 0 Å². The average Bonchev–Trinajstić information content (AvgIpc) is 2.11. The molecule has 0 aliphatic heterocycles. The fourth-order valence-electron chi connectivity index (χ4n) is 0.867. The lowest BCUT2D eigenvalue weighted by Gasteiger charge is -2.07.